The number of benzene rings is 1. The average Bonchev–Trinajstić information content (AvgIpc) is 2.93. The summed E-state index contributed by atoms with van der Waals surface area (Å²) in [5, 5.41) is 7.92. The van der Waals surface area contributed by atoms with E-state index in [9.17, 15) is 14.4 Å². The molecule has 0 radical (unpaired) electrons. The summed E-state index contributed by atoms with van der Waals surface area (Å²) < 4.78 is 4.48. The van der Waals surface area contributed by atoms with Crippen LogP contribution < -0.4 is 20.9 Å². The second-order valence-corrected chi connectivity index (χ2v) is 4.64. The molecule has 0 saturated carbocycles. The maximum absolute atomic E-state index is 11.7. The van der Waals surface area contributed by atoms with E-state index in [0.29, 0.717) is 24.5 Å². The summed E-state index contributed by atoms with van der Waals surface area (Å²) in [6.07, 6.45) is 0.109. The van der Waals surface area contributed by atoms with Crippen molar-refractivity contribution in [3.63, 3.8) is 0 Å². The number of nitrogens with one attached hydrogen (secondary N) is 3. The zero-order valence-corrected chi connectivity index (χ0v) is 12.2. The van der Waals surface area contributed by atoms with Crippen LogP contribution in [0.25, 0.3) is 0 Å². The minimum absolute atomic E-state index is 0.109. The highest BCUT2D eigenvalue weighted by molar-refractivity contribution is 5.95. The molecule has 3 N–H and O–H groups in total. The largest absolute Gasteiger partial charge is 0.469 e. The molecule has 8 heteroatoms. The molecule has 2 rings (SSSR count). The van der Waals surface area contributed by atoms with E-state index in [-0.39, 0.29) is 25.0 Å². The number of esters is 1. The normalized spacial score (nSPS) is 13.5. The van der Waals surface area contributed by atoms with Gasteiger partial charge in [-0.15, -0.1) is 0 Å². The van der Waals surface area contributed by atoms with Gasteiger partial charge in [0.2, 0.25) is 0 Å². The highest BCUT2D eigenvalue weighted by atomic mass is 16.5. The van der Waals surface area contributed by atoms with Crippen molar-refractivity contribution in [1.29, 1.82) is 0 Å². The zero-order chi connectivity index (χ0) is 15.9. The Bertz CT molecular complexity index is 576. The fourth-order valence-electron chi connectivity index (χ4n) is 2.02. The van der Waals surface area contributed by atoms with Crippen LogP contribution in [0.5, 0.6) is 0 Å². The molecule has 1 aliphatic heterocycles. The number of hydrogen-bond donors (Lipinski definition) is 3. The van der Waals surface area contributed by atoms with Crippen molar-refractivity contribution < 1.29 is 19.1 Å². The van der Waals surface area contributed by atoms with Crippen molar-refractivity contribution in [1.82, 2.24) is 10.6 Å². The van der Waals surface area contributed by atoms with Crippen LogP contribution in [0.4, 0.5) is 21.0 Å². The zero-order valence-electron chi connectivity index (χ0n) is 12.2. The maximum atomic E-state index is 11.7. The Morgan fingerprint density at radius 2 is 2.23 bits per heavy atom. The number of hydrogen-bond acceptors (Lipinski definition) is 4. The molecule has 4 amide bonds. The van der Waals surface area contributed by atoms with Gasteiger partial charge in [-0.25, -0.2) is 9.59 Å². The van der Waals surface area contributed by atoms with Gasteiger partial charge in [0.1, 0.15) is 0 Å². The summed E-state index contributed by atoms with van der Waals surface area (Å²) in [5.41, 5.74) is 1.27. The van der Waals surface area contributed by atoms with E-state index in [1.54, 1.807) is 29.2 Å². The molecular weight excluding hydrogens is 288 g/mol. The van der Waals surface area contributed by atoms with Gasteiger partial charge in [0.15, 0.2) is 0 Å². The summed E-state index contributed by atoms with van der Waals surface area (Å²) in [6.45, 7) is 1.38. The number of carbonyl (C=O) groups excluding carboxylic acids is 3. The Morgan fingerprint density at radius 1 is 1.41 bits per heavy atom. The van der Waals surface area contributed by atoms with Crippen molar-refractivity contribution in [3.05, 3.63) is 24.3 Å². The number of carbonyl (C=O) groups is 3. The van der Waals surface area contributed by atoms with Gasteiger partial charge in [0, 0.05) is 31.0 Å². The molecule has 1 fully saturated rings. The Labute approximate surface area is 127 Å². The summed E-state index contributed by atoms with van der Waals surface area (Å²) in [6, 6.07) is 6.41. The van der Waals surface area contributed by atoms with Gasteiger partial charge in [-0.2, -0.15) is 0 Å². The van der Waals surface area contributed by atoms with E-state index >= 15 is 0 Å². The Kier molecular flexibility index (Phi) is 5.18. The molecular formula is C14H18N4O4. The molecule has 0 unspecified atom stereocenters. The molecule has 1 saturated heterocycles. The number of amides is 4. The number of nitrogens with zero attached hydrogens (tertiary/aromatic N) is 1. The minimum atomic E-state index is -0.424. The van der Waals surface area contributed by atoms with E-state index < -0.39 is 6.03 Å². The van der Waals surface area contributed by atoms with Crippen molar-refractivity contribution >= 4 is 29.4 Å². The van der Waals surface area contributed by atoms with Crippen molar-refractivity contribution in [2.75, 3.05) is 37.0 Å². The number of urea groups is 2. The topological polar surface area (TPSA) is 99.8 Å². The third-order valence-corrected chi connectivity index (χ3v) is 3.11. The van der Waals surface area contributed by atoms with Gasteiger partial charge in [-0.05, 0) is 18.2 Å². The lowest BCUT2D eigenvalue weighted by molar-refractivity contribution is -0.140. The molecule has 0 aliphatic carbocycles. The van der Waals surface area contributed by atoms with Gasteiger partial charge in [-0.1, -0.05) is 6.07 Å². The van der Waals surface area contributed by atoms with Gasteiger partial charge < -0.3 is 20.7 Å². The molecule has 0 spiro atoms. The Hall–Kier alpha value is -2.77. The molecule has 1 aliphatic rings. The second kappa shape index (κ2) is 7.30. The standard InChI is InChI=1S/C14H18N4O4/c1-22-12(19)5-6-15-13(20)17-10-3-2-4-11(9-10)18-8-7-16-14(18)21/h2-4,9H,5-8H2,1H3,(H,16,21)(H2,15,17,20). The number of ether oxygens (including phenoxy) is 1. The summed E-state index contributed by atoms with van der Waals surface area (Å²) in [5.74, 6) is -0.387. The van der Waals surface area contributed by atoms with Crippen LogP contribution in [0, 0.1) is 0 Å². The van der Waals surface area contributed by atoms with Crippen molar-refractivity contribution in [2.24, 2.45) is 0 Å². The smallest absolute Gasteiger partial charge is 0.321 e. The van der Waals surface area contributed by atoms with Gasteiger partial charge >= 0.3 is 18.0 Å². The lowest BCUT2D eigenvalue weighted by Crippen LogP contribution is -2.31. The average molecular weight is 306 g/mol. The van der Waals surface area contributed by atoms with Crippen LogP contribution in [-0.4, -0.2) is 44.8 Å². The Morgan fingerprint density at radius 3 is 2.91 bits per heavy atom. The first-order valence-corrected chi connectivity index (χ1v) is 6.87. The van der Waals surface area contributed by atoms with E-state index in [1.807, 2.05) is 0 Å². The number of anilines is 2. The lowest BCUT2D eigenvalue weighted by atomic mass is 10.2. The van der Waals surface area contributed by atoms with E-state index in [1.165, 1.54) is 7.11 Å². The third kappa shape index (κ3) is 4.11. The van der Waals surface area contributed by atoms with Crippen LogP contribution in [0.1, 0.15) is 6.42 Å². The molecule has 118 valence electrons. The monoisotopic (exact) mass is 306 g/mol. The quantitative estimate of drug-likeness (QED) is 0.704. The minimum Gasteiger partial charge on any atom is -0.469 e. The van der Waals surface area contributed by atoms with Crippen LogP contribution in [0.15, 0.2) is 24.3 Å². The summed E-state index contributed by atoms with van der Waals surface area (Å²) in [4.78, 5) is 35.9. The van der Waals surface area contributed by atoms with Crippen molar-refractivity contribution in [2.45, 2.75) is 6.42 Å². The molecule has 0 atom stereocenters. The first-order valence-electron chi connectivity index (χ1n) is 6.87. The van der Waals surface area contributed by atoms with E-state index in [2.05, 4.69) is 20.7 Å². The number of methoxy groups -OCH3 is 1. The predicted octanol–water partition coefficient (Wildman–Crippen LogP) is 0.901. The highest BCUT2D eigenvalue weighted by Crippen LogP contribution is 2.20. The van der Waals surface area contributed by atoms with E-state index in [4.69, 9.17) is 0 Å². The van der Waals surface area contributed by atoms with Crippen LogP contribution in [0.3, 0.4) is 0 Å². The predicted molar refractivity (Wildman–Crippen MR) is 80.8 cm³/mol. The maximum Gasteiger partial charge on any atom is 0.321 e. The van der Waals surface area contributed by atoms with Gasteiger partial charge in [0.25, 0.3) is 0 Å². The van der Waals surface area contributed by atoms with E-state index in [0.717, 1.165) is 0 Å². The third-order valence-electron chi connectivity index (χ3n) is 3.11. The van der Waals surface area contributed by atoms with Gasteiger partial charge in [-0.3, -0.25) is 9.69 Å². The molecule has 1 aromatic carbocycles. The van der Waals surface area contributed by atoms with Crippen LogP contribution in [-0.2, 0) is 9.53 Å². The summed E-state index contributed by atoms with van der Waals surface area (Å²) >= 11 is 0. The highest BCUT2D eigenvalue weighted by Gasteiger charge is 2.21. The molecule has 8 nitrogen and oxygen atoms in total. The lowest BCUT2D eigenvalue weighted by Gasteiger charge is -2.15. The fourth-order valence-corrected chi connectivity index (χ4v) is 2.02. The molecule has 0 aromatic heterocycles. The fraction of sp³-hybridized carbons (Fsp3) is 0.357. The van der Waals surface area contributed by atoms with Crippen LogP contribution in [0.2, 0.25) is 0 Å². The second-order valence-electron chi connectivity index (χ2n) is 4.64. The molecule has 0 bridgehead atoms. The molecule has 1 heterocycles. The van der Waals surface area contributed by atoms with Crippen LogP contribution >= 0.6 is 0 Å². The van der Waals surface area contributed by atoms with Crippen molar-refractivity contribution in [3.8, 4) is 0 Å². The summed E-state index contributed by atoms with van der Waals surface area (Å²) in [7, 11) is 1.29. The molecule has 1 aromatic rings. The first kappa shape index (κ1) is 15.6. The van der Waals surface area contributed by atoms with Gasteiger partial charge in [0.05, 0.1) is 13.5 Å². The Balaban J connectivity index is 1.88. The first-order chi connectivity index (χ1) is 10.6. The SMILES string of the molecule is COC(=O)CCNC(=O)Nc1cccc(N2CCNC2=O)c1. The number of rotatable bonds is 5. The molecule has 22 heavy (non-hydrogen) atoms.